The first-order chi connectivity index (χ1) is 8.24. The number of carbonyl (C=O) groups excluding carboxylic acids is 2. The van der Waals surface area contributed by atoms with Crippen LogP contribution in [0.4, 0.5) is 0 Å². The lowest BCUT2D eigenvalue weighted by Gasteiger charge is -2.33. The lowest BCUT2D eigenvalue weighted by atomic mass is 10.2. The Hall–Kier alpha value is -1.47. The molecule has 0 aliphatic carbocycles. The maximum Gasteiger partial charge on any atom is 0.331 e. The van der Waals surface area contributed by atoms with Crippen molar-refractivity contribution in [3.05, 3.63) is 16.6 Å². The number of rotatable bonds is 2. The van der Waals surface area contributed by atoms with Gasteiger partial charge in [-0.3, -0.25) is 9.78 Å². The van der Waals surface area contributed by atoms with Gasteiger partial charge in [0.05, 0.1) is 32.0 Å². The molecule has 1 aromatic rings. The van der Waals surface area contributed by atoms with Gasteiger partial charge in [-0.2, -0.15) is 0 Å². The van der Waals surface area contributed by atoms with E-state index in [0.717, 1.165) is 0 Å². The summed E-state index contributed by atoms with van der Waals surface area (Å²) in [6.45, 7) is 0.992. The molecule has 1 amide bonds. The van der Waals surface area contributed by atoms with Gasteiger partial charge in [0, 0.05) is 6.54 Å². The average Bonchev–Trinajstić information content (AvgIpc) is 2.91. The van der Waals surface area contributed by atoms with Crippen molar-refractivity contribution in [1.29, 1.82) is 0 Å². The van der Waals surface area contributed by atoms with E-state index in [2.05, 4.69) is 9.72 Å². The number of carbonyl (C=O) groups is 2. The van der Waals surface area contributed by atoms with Crippen LogP contribution in [0.3, 0.4) is 0 Å². The molecule has 0 spiro atoms. The number of ether oxygens (including phenoxy) is 2. The van der Waals surface area contributed by atoms with Gasteiger partial charge >= 0.3 is 5.97 Å². The fourth-order valence-corrected chi connectivity index (χ4v) is 2.22. The Labute approximate surface area is 102 Å². The van der Waals surface area contributed by atoms with Gasteiger partial charge in [0.25, 0.3) is 5.91 Å². The Bertz CT molecular complexity index is 406. The molecule has 0 aromatic carbocycles. The van der Waals surface area contributed by atoms with Crippen molar-refractivity contribution in [2.24, 2.45) is 0 Å². The second kappa shape index (κ2) is 5.24. The first-order valence-corrected chi connectivity index (χ1v) is 5.97. The van der Waals surface area contributed by atoms with E-state index in [0.29, 0.717) is 18.0 Å². The summed E-state index contributed by atoms with van der Waals surface area (Å²) in [5.41, 5.74) is 1.58. The molecule has 1 aliphatic rings. The van der Waals surface area contributed by atoms with Crippen LogP contribution in [0.25, 0.3) is 0 Å². The molecule has 1 unspecified atom stereocenters. The van der Waals surface area contributed by atoms with E-state index >= 15 is 0 Å². The zero-order valence-electron chi connectivity index (χ0n) is 9.29. The predicted molar refractivity (Wildman–Crippen MR) is 59.8 cm³/mol. The van der Waals surface area contributed by atoms with Crippen molar-refractivity contribution < 1.29 is 19.1 Å². The summed E-state index contributed by atoms with van der Waals surface area (Å²) in [6.07, 6.45) is 1.50. The highest BCUT2D eigenvalue weighted by Gasteiger charge is 2.34. The number of amides is 1. The monoisotopic (exact) mass is 256 g/mol. The number of morpholine rings is 1. The van der Waals surface area contributed by atoms with Crippen LogP contribution in [-0.2, 0) is 14.3 Å². The molecule has 1 fully saturated rings. The van der Waals surface area contributed by atoms with E-state index in [1.54, 1.807) is 5.51 Å². The average molecular weight is 256 g/mol. The Kier molecular flexibility index (Phi) is 3.70. The van der Waals surface area contributed by atoms with Gasteiger partial charge < -0.3 is 14.4 Å². The Morgan fingerprint density at radius 1 is 1.65 bits per heavy atom. The number of hydrogen-bond acceptors (Lipinski definition) is 6. The van der Waals surface area contributed by atoms with Crippen LogP contribution >= 0.6 is 11.3 Å². The predicted octanol–water partition coefficient (Wildman–Crippen LogP) is 0.157. The fourth-order valence-electron chi connectivity index (χ4n) is 1.64. The molecule has 1 atom stereocenters. The third kappa shape index (κ3) is 2.45. The van der Waals surface area contributed by atoms with Crippen molar-refractivity contribution >= 4 is 23.2 Å². The number of methoxy groups -OCH3 is 1. The molecule has 1 saturated heterocycles. The molecular weight excluding hydrogens is 244 g/mol. The second-order valence-corrected chi connectivity index (χ2v) is 4.36. The smallest absolute Gasteiger partial charge is 0.331 e. The summed E-state index contributed by atoms with van der Waals surface area (Å²) < 4.78 is 9.86. The molecular formula is C10H12N2O4S. The van der Waals surface area contributed by atoms with Crippen molar-refractivity contribution in [3.63, 3.8) is 0 Å². The molecule has 2 heterocycles. The quantitative estimate of drug-likeness (QED) is 0.705. The molecule has 6 nitrogen and oxygen atoms in total. The lowest BCUT2D eigenvalue weighted by molar-refractivity contribution is -0.151. The highest BCUT2D eigenvalue weighted by Crippen LogP contribution is 2.15. The van der Waals surface area contributed by atoms with Gasteiger partial charge in [0.1, 0.15) is 4.88 Å². The largest absolute Gasteiger partial charge is 0.467 e. The summed E-state index contributed by atoms with van der Waals surface area (Å²) >= 11 is 1.25. The van der Waals surface area contributed by atoms with E-state index in [9.17, 15) is 9.59 Å². The van der Waals surface area contributed by atoms with Gasteiger partial charge in [0.15, 0.2) is 6.04 Å². The minimum Gasteiger partial charge on any atom is -0.467 e. The summed E-state index contributed by atoms with van der Waals surface area (Å²) in [5, 5.41) is 0. The van der Waals surface area contributed by atoms with E-state index < -0.39 is 12.0 Å². The van der Waals surface area contributed by atoms with Crippen molar-refractivity contribution in [3.8, 4) is 0 Å². The van der Waals surface area contributed by atoms with E-state index in [-0.39, 0.29) is 12.5 Å². The molecule has 0 N–H and O–H groups in total. The van der Waals surface area contributed by atoms with E-state index in [1.807, 2.05) is 0 Å². The zero-order valence-corrected chi connectivity index (χ0v) is 10.1. The van der Waals surface area contributed by atoms with Crippen LogP contribution in [0, 0.1) is 0 Å². The van der Waals surface area contributed by atoms with E-state index in [4.69, 9.17) is 4.74 Å². The fraction of sp³-hybridized carbons (Fsp3) is 0.500. The Morgan fingerprint density at radius 3 is 3.12 bits per heavy atom. The molecule has 1 aromatic heterocycles. The lowest BCUT2D eigenvalue weighted by Crippen LogP contribution is -2.52. The summed E-state index contributed by atoms with van der Waals surface area (Å²) in [7, 11) is 1.30. The van der Waals surface area contributed by atoms with Gasteiger partial charge in [-0.15, -0.1) is 11.3 Å². The highest BCUT2D eigenvalue weighted by atomic mass is 32.1. The van der Waals surface area contributed by atoms with Crippen LogP contribution in [0.15, 0.2) is 11.7 Å². The normalized spacial score (nSPS) is 20.1. The number of esters is 1. The first kappa shape index (κ1) is 12.0. The molecule has 17 heavy (non-hydrogen) atoms. The summed E-state index contributed by atoms with van der Waals surface area (Å²) in [4.78, 5) is 29.5. The molecule has 1 aliphatic heterocycles. The molecule has 2 rings (SSSR count). The maximum atomic E-state index is 12.1. The number of hydrogen-bond donors (Lipinski definition) is 0. The Morgan fingerprint density at radius 2 is 2.47 bits per heavy atom. The topological polar surface area (TPSA) is 68.7 Å². The first-order valence-electron chi connectivity index (χ1n) is 5.09. The van der Waals surface area contributed by atoms with Crippen molar-refractivity contribution in [2.45, 2.75) is 6.04 Å². The maximum absolute atomic E-state index is 12.1. The number of nitrogens with zero attached hydrogens (tertiary/aromatic N) is 2. The standard InChI is InChI=1S/C10H12N2O4S/c1-15-10(14)7-5-16-3-2-12(7)9(13)8-4-11-6-17-8/h4,6-7H,2-3,5H2,1H3. The van der Waals surface area contributed by atoms with Crippen LogP contribution < -0.4 is 0 Å². The van der Waals surface area contributed by atoms with E-state index in [1.165, 1.54) is 29.5 Å². The number of aromatic nitrogens is 1. The SMILES string of the molecule is COC(=O)C1COCCN1C(=O)c1cncs1. The molecule has 7 heteroatoms. The van der Waals surface area contributed by atoms with Gasteiger partial charge in [-0.25, -0.2) is 4.79 Å². The molecule has 92 valence electrons. The number of thiazole rings is 1. The molecule has 0 radical (unpaired) electrons. The Balaban J connectivity index is 2.16. The highest BCUT2D eigenvalue weighted by molar-refractivity contribution is 7.11. The molecule has 0 bridgehead atoms. The van der Waals surface area contributed by atoms with Crippen LogP contribution in [0.1, 0.15) is 9.67 Å². The van der Waals surface area contributed by atoms with Gasteiger partial charge in [-0.1, -0.05) is 0 Å². The van der Waals surface area contributed by atoms with Crippen molar-refractivity contribution in [1.82, 2.24) is 9.88 Å². The van der Waals surface area contributed by atoms with Crippen LogP contribution in [-0.4, -0.2) is 54.7 Å². The third-order valence-electron chi connectivity index (χ3n) is 2.51. The minimum atomic E-state index is -0.664. The minimum absolute atomic E-state index is 0.178. The zero-order chi connectivity index (χ0) is 12.3. The van der Waals surface area contributed by atoms with Gasteiger partial charge in [-0.05, 0) is 0 Å². The van der Waals surface area contributed by atoms with Crippen LogP contribution in [0.5, 0.6) is 0 Å². The van der Waals surface area contributed by atoms with Gasteiger partial charge in [0.2, 0.25) is 0 Å². The van der Waals surface area contributed by atoms with Crippen LogP contribution in [0.2, 0.25) is 0 Å². The third-order valence-corrected chi connectivity index (χ3v) is 3.27. The van der Waals surface area contributed by atoms with Crippen molar-refractivity contribution in [2.75, 3.05) is 26.9 Å². The summed E-state index contributed by atoms with van der Waals surface area (Å²) in [6, 6.07) is -0.664. The molecule has 0 saturated carbocycles. The summed E-state index contributed by atoms with van der Waals surface area (Å²) in [5.74, 6) is -0.659. The second-order valence-electron chi connectivity index (χ2n) is 3.48.